The highest BCUT2D eigenvalue weighted by atomic mass is 16.4. The van der Waals surface area contributed by atoms with Crippen molar-refractivity contribution in [2.75, 3.05) is 33.7 Å². The predicted octanol–water partition coefficient (Wildman–Crippen LogP) is 2.34. The van der Waals surface area contributed by atoms with Crippen molar-refractivity contribution in [3.8, 4) is 0 Å². The SMILES string of the molecule is CN1CCCC(N(C)CCc2ccccc2C(=O)O)CC1. The Labute approximate surface area is 127 Å². The van der Waals surface area contributed by atoms with E-state index >= 15 is 0 Å². The lowest BCUT2D eigenvalue weighted by molar-refractivity contribution is 0.0695. The van der Waals surface area contributed by atoms with Crippen molar-refractivity contribution >= 4 is 5.97 Å². The number of likely N-dealkylation sites (N-methyl/N-ethyl adjacent to an activating group) is 1. The van der Waals surface area contributed by atoms with Crippen molar-refractivity contribution in [3.63, 3.8) is 0 Å². The van der Waals surface area contributed by atoms with Crippen LogP contribution in [0, 0.1) is 0 Å². The molecule has 1 aliphatic rings. The van der Waals surface area contributed by atoms with E-state index in [1.54, 1.807) is 12.1 Å². The van der Waals surface area contributed by atoms with Gasteiger partial charge in [0.15, 0.2) is 0 Å². The van der Waals surface area contributed by atoms with E-state index in [2.05, 4.69) is 23.9 Å². The average Bonchev–Trinajstić information content (AvgIpc) is 2.69. The summed E-state index contributed by atoms with van der Waals surface area (Å²) in [7, 11) is 4.35. The van der Waals surface area contributed by atoms with Crippen LogP contribution in [-0.4, -0.2) is 60.6 Å². The molecule has 0 bridgehead atoms. The molecule has 1 unspecified atom stereocenters. The molecule has 21 heavy (non-hydrogen) atoms. The van der Waals surface area contributed by atoms with Gasteiger partial charge in [-0.25, -0.2) is 4.79 Å². The van der Waals surface area contributed by atoms with Crippen LogP contribution in [-0.2, 0) is 6.42 Å². The molecule has 0 saturated carbocycles. The first-order chi connectivity index (χ1) is 10.1. The molecule has 1 N–H and O–H groups in total. The molecule has 0 aromatic heterocycles. The number of likely N-dealkylation sites (tertiary alicyclic amines) is 1. The number of benzene rings is 1. The normalized spacial score (nSPS) is 20.4. The zero-order valence-electron chi connectivity index (χ0n) is 13.1. The van der Waals surface area contributed by atoms with Crippen molar-refractivity contribution in [3.05, 3.63) is 35.4 Å². The Balaban J connectivity index is 1.92. The highest BCUT2D eigenvalue weighted by molar-refractivity contribution is 5.89. The van der Waals surface area contributed by atoms with Gasteiger partial charge in [0, 0.05) is 12.6 Å². The molecule has 1 aliphatic heterocycles. The third-order valence-corrected chi connectivity index (χ3v) is 4.53. The maximum Gasteiger partial charge on any atom is 0.335 e. The second-order valence-electron chi connectivity index (χ2n) is 6.08. The van der Waals surface area contributed by atoms with Gasteiger partial charge in [0.2, 0.25) is 0 Å². The first-order valence-electron chi connectivity index (χ1n) is 7.78. The Hall–Kier alpha value is -1.39. The van der Waals surface area contributed by atoms with Crippen molar-refractivity contribution in [2.24, 2.45) is 0 Å². The predicted molar refractivity (Wildman–Crippen MR) is 84.9 cm³/mol. The maximum absolute atomic E-state index is 11.2. The second kappa shape index (κ2) is 7.57. The number of aromatic carboxylic acids is 1. The minimum absolute atomic E-state index is 0.437. The van der Waals surface area contributed by atoms with Crippen LogP contribution in [0.1, 0.15) is 35.2 Å². The highest BCUT2D eigenvalue weighted by Crippen LogP contribution is 2.16. The quantitative estimate of drug-likeness (QED) is 0.904. The summed E-state index contributed by atoms with van der Waals surface area (Å²) in [6, 6.07) is 7.95. The summed E-state index contributed by atoms with van der Waals surface area (Å²) in [5, 5.41) is 9.23. The van der Waals surface area contributed by atoms with E-state index in [-0.39, 0.29) is 0 Å². The molecule has 0 radical (unpaired) electrons. The summed E-state index contributed by atoms with van der Waals surface area (Å²) in [6.45, 7) is 3.26. The van der Waals surface area contributed by atoms with Gasteiger partial charge in [-0.2, -0.15) is 0 Å². The van der Waals surface area contributed by atoms with Gasteiger partial charge in [-0.05, 0) is 64.5 Å². The van der Waals surface area contributed by atoms with Gasteiger partial charge in [0.1, 0.15) is 0 Å². The van der Waals surface area contributed by atoms with E-state index in [1.165, 1.54) is 25.8 Å². The maximum atomic E-state index is 11.2. The number of rotatable bonds is 5. The monoisotopic (exact) mass is 290 g/mol. The molecule has 2 rings (SSSR count). The summed E-state index contributed by atoms with van der Waals surface area (Å²) in [5.41, 5.74) is 1.37. The van der Waals surface area contributed by atoms with Crippen molar-refractivity contribution in [2.45, 2.75) is 31.7 Å². The van der Waals surface area contributed by atoms with Gasteiger partial charge in [-0.3, -0.25) is 0 Å². The Morgan fingerprint density at radius 3 is 2.86 bits per heavy atom. The van der Waals surface area contributed by atoms with Gasteiger partial charge in [0.05, 0.1) is 5.56 Å². The molecule has 4 heteroatoms. The summed E-state index contributed by atoms with van der Waals surface area (Å²) >= 11 is 0. The second-order valence-corrected chi connectivity index (χ2v) is 6.08. The van der Waals surface area contributed by atoms with Crippen LogP contribution in [0.4, 0.5) is 0 Å². The van der Waals surface area contributed by atoms with E-state index < -0.39 is 5.97 Å². The molecule has 1 saturated heterocycles. The number of carboxylic acid groups (broad SMARTS) is 1. The number of hydrogen-bond acceptors (Lipinski definition) is 3. The molecule has 0 aliphatic carbocycles. The molecule has 4 nitrogen and oxygen atoms in total. The lowest BCUT2D eigenvalue weighted by Gasteiger charge is -2.27. The molecule has 0 spiro atoms. The highest BCUT2D eigenvalue weighted by Gasteiger charge is 2.19. The molecule has 1 fully saturated rings. The van der Waals surface area contributed by atoms with E-state index in [4.69, 9.17) is 0 Å². The molecule has 1 heterocycles. The Kier molecular flexibility index (Phi) is 5.76. The van der Waals surface area contributed by atoms with Crippen LogP contribution >= 0.6 is 0 Å². The van der Waals surface area contributed by atoms with Gasteiger partial charge < -0.3 is 14.9 Å². The Morgan fingerprint density at radius 1 is 1.33 bits per heavy atom. The molecular formula is C17H26N2O2. The summed E-state index contributed by atoms with van der Waals surface area (Å²) in [4.78, 5) is 16.0. The number of carbonyl (C=O) groups is 1. The van der Waals surface area contributed by atoms with E-state index in [0.717, 1.165) is 25.1 Å². The van der Waals surface area contributed by atoms with Crippen LogP contribution in [0.15, 0.2) is 24.3 Å². The Bertz CT molecular complexity index is 476. The lowest BCUT2D eigenvalue weighted by Crippen LogP contribution is -2.34. The molecule has 1 atom stereocenters. The molecule has 116 valence electrons. The molecule has 1 aromatic rings. The number of nitrogens with zero attached hydrogens (tertiary/aromatic N) is 2. The van der Waals surface area contributed by atoms with Crippen LogP contribution in [0.5, 0.6) is 0 Å². The van der Waals surface area contributed by atoms with Gasteiger partial charge in [-0.15, -0.1) is 0 Å². The largest absolute Gasteiger partial charge is 0.478 e. The zero-order chi connectivity index (χ0) is 15.2. The third kappa shape index (κ3) is 4.55. The minimum Gasteiger partial charge on any atom is -0.478 e. The van der Waals surface area contributed by atoms with Gasteiger partial charge in [0.25, 0.3) is 0 Å². The third-order valence-electron chi connectivity index (χ3n) is 4.53. The van der Waals surface area contributed by atoms with E-state index in [1.807, 2.05) is 12.1 Å². The first-order valence-corrected chi connectivity index (χ1v) is 7.78. The number of hydrogen-bond donors (Lipinski definition) is 1. The van der Waals surface area contributed by atoms with Crippen LogP contribution in [0.3, 0.4) is 0 Å². The average molecular weight is 290 g/mol. The topological polar surface area (TPSA) is 43.8 Å². The summed E-state index contributed by atoms with van der Waals surface area (Å²) < 4.78 is 0. The van der Waals surface area contributed by atoms with Gasteiger partial charge >= 0.3 is 5.97 Å². The smallest absolute Gasteiger partial charge is 0.335 e. The molecular weight excluding hydrogens is 264 g/mol. The van der Waals surface area contributed by atoms with Crippen molar-refractivity contribution in [1.29, 1.82) is 0 Å². The van der Waals surface area contributed by atoms with Crippen LogP contribution in [0.25, 0.3) is 0 Å². The van der Waals surface area contributed by atoms with Crippen LogP contribution < -0.4 is 0 Å². The van der Waals surface area contributed by atoms with Crippen molar-refractivity contribution in [1.82, 2.24) is 9.80 Å². The Morgan fingerprint density at radius 2 is 2.10 bits per heavy atom. The van der Waals surface area contributed by atoms with Crippen molar-refractivity contribution < 1.29 is 9.90 Å². The van der Waals surface area contributed by atoms with E-state index in [9.17, 15) is 9.90 Å². The van der Waals surface area contributed by atoms with E-state index in [0.29, 0.717) is 11.6 Å². The van der Waals surface area contributed by atoms with Gasteiger partial charge in [-0.1, -0.05) is 18.2 Å². The fourth-order valence-electron chi connectivity index (χ4n) is 3.09. The lowest BCUT2D eigenvalue weighted by atomic mass is 10.0. The summed E-state index contributed by atoms with van der Waals surface area (Å²) in [5.74, 6) is -0.829. The molecule has 1 aromatic carbocycles. The first kappa shape index (κ1) is 16.0. The van der Waals surface area contributed by atoms with Crippen LogP contribution in [0.2, 0.25) is 0 Å². The number of carboxylic acids is 1. The zero-order valence-corrected chi connectivity index (χ0v) is 13.1. The molecule has 0 amide bonds. The fraction of sp³-hybridized carbons (Fsp3) is 0.588. The fourth-order valence-corrected chi connectivity index (χ4v) is 3.09. The minimum atomic E-state index is -0.829. The summed E-state index contributed by atoms with van der Waals surface area (Å²) in [6.07, 6.45) is 4.48. The standard InChI is InChI=1S/C17H26N2O2/c1-18-11-5-7-15(10-12-18)19(2)13-9-14-6-3-4-8-16(14)17(20)21/h3-4,6,8,15H,5,7,9-13H2,1-2H3,(H,20,21).